The predicted molar refractivity (Wildman–Crippen MR) is 155 cm³/mol. The Morgan fingerprint density at radius 1 is 1.08 bits per heavy atom. The van der Waals surface area contributed by atoms with Crippen molar-refractivity contribution < 1.29 is 14.0 Å². The topological polar surface area (TPSA) is 79.0 Å². The molecule has 3 heterocycles. The van der Waals surface area contributed by atoms with Crippen molar-refractivity contribution in [3.8, 4) is 0 Å². The molecule has 0 aromatic rings. The molecular formula is C28H36BrCl2FN4O2. The van der Waals surface area contributed by atoms with Gasteiger partial charge in [0.2, 0.25) is 5.91 Å². The maximum atomic E-state index is 13.2. The number of urea groups is 1. The van der Waals surface area contributed by atoms with Crippen LogP contribution in [0.5, 0.6) is 0 Å². The number of nitrogens with zero attached hydrogens (tertiary/aromatic N) is 3. The number of likely N-dealkylation sites (tertiary alicyclic amines) is 2. The summed E-state index contributed by atoms with van der Waals surface area (Å²) >= 11 is 16.2. The van der Waals surface area contributed by atoms with Crippen LogP contribution in [0.15, 0.2) is 49.8 Å². The van der Waals surface area contributed by atoms with Gasteiger partial charge in [-0.25, -0.2) is 9.18 Å². The monoisotopic (exact) mass is 628 g/mol. The van der Waals surface area contributed by atoms with Crippen LogP contribution in [0.25, 0.3) is 0 Å². The SMILES string of the molecule is NC(=O)N1CCC(CC(=O)N2CCC(C3C4=C(CCC(=C/C(Cl)=C\F)/C3=C/Br)CCC(Cl)C=N4)CC2)CC1. The van der Waals surface area contributed by atoms with Gasteiger partial charge in [0, 0.05) is 50.4 Å². The Bertz CT molecular complexity index is 1060. The summed E-state index contributed by atoms with van der Waals surface area (Å²) in [5.74, 6) is 0.787. The molecule has 0 aromatic heterocycles. The highest BCUT2D eigenvalue weighted by Crippen LogP contribution is 2.46. The van der Waals surface area contributed by atoms with Crippen LogP contribution in [0.1, 0.15) is 57.8 Å². The van der Waals surface area contributed by atoms with Gasteiger partial charge in [-0.2, -0.15) is 0 Å². The number of halogens is 4. The quantitative estimate of drug-likeness (QED) is 0.347. The molecule has 208 valence electrons. The van der Waals surface area contributed by atoms with Crippen LogP contribution in [0, 0.1) is 17.8 Å². The van der Waals surface area contributed by atoms with Crippen molar-refractivity contribution in [1.29, 1.82) is 0 Å². The third kappa shape index (κ3) is 7.11. The standard InChI is InChI=1S/C28H36BrCl2FN4O2/c29-15-24-21(14-23(31)16-32)2-1-20-3-4-22(30)17-34-27(20)26(24)19-7-11-35(12-8-19)25(37)13-18-5-9-36(10-6-18)28(33)38/h14-19,22,26H,1-13H2,(H2,33,38)/b21-14-,23-16+,24-15-. The van der Waals surface area contributed by atoms with Crippen molar-refractivity contribution in [2.75, 3.05) is 26.2 Å². The van der Waals surface area contributed by atoms with Crippen LogP contribution in [0.3, 0.4) is 0 Å². The van der Waals surface area contributed by atoms with E-state index in [0.717, 1.165) is 68.2 Å². The van der Waals surface area contributed by atoms with Crippen molar-refractivity contribution in [2.45, 2.75) is 63.2 Å². The van der Waals surface area contributed by atoms with Crippen LogP contribution in [0.2, 0.25) is 0 Å². The lowest BCUT2D eigenvalue weighted by Crippen LogP contribution is -2.44. The number of piperidine rings is 2. The summed E-state index contributed by atoms with van der Waals surface area (Å²) < 4.78 is 13.2. The van der Waals surface area contributed by atoms with Gasteiger partial charge in [0.05, 0.1) is 10.4 Å². The molecule has 2 atom stereocenters. The van der Waals surface area contributed by atoms with E-state index < -0.39 is 0 Å². The minimum Gasteiger partial charge on any atom is -0.351 e. The van der Waals surface area contributed by atoms with E-state index in [1.165, 1.54) is 5.57 Å². The Morgan fingerprint density at radius 2 is 1.76 bits per heavy atom. The Kier molecular flexibility index (Phi) is 10.5. The first-order chi connectivity index (χ1) is 18.3. The number of aliphatic imine (C=N–C) groups is 1. The summed E-state index contributed by atoms with van der Waals surface area (Å²) in [7, 11) is 0. The maximum absolute atomic E-state index is 13.2. The minimum atomic E-state index is -0.383. The zero-order valence-corrected chi connectivity index (χ0v) is 24.7. The summed E-state index contributed by atoms with van der Waals surface area (Å²) in [6, 6.07) is -0.383. The molecular weight excluding hydrogens is 594 g/mol. The average Bonchev–Trinajstić information content (AvgIpc) is 3.19. The summed E-state index contributed by atoms with van der Waals surface area (Å²) in [5.41, 5.74) is 9.86. The van der Waals surface area contributed by atoms with Crippen molar-refractivity contribution in [2.24, 2.45) is 28.5 Å². The summed E-state index contributed by atoms with van der Waals surface area (Å²) in [6.07, 6.45) is 11.2. The number of alkyl halides is 1. The molecule has 2 unspecified atom stereocenters. The first kappa shape index (κ1) is 29.3. The fourth-order valence-corrected chi connectivity index (χ4v) is 7.16. The number of hydrogen-bond acceptors (Lipinski definition) is 3. The van der Waals surface area contributed by atoms with Gasteiger partial charge in [-0.15, -0.1) is 11.6 Å². The first-order valence-electron chi connectivity index (χ1n) is 13.5. The number of carbonyl (C=O) groups excluding carboxylic acids is 2. The largest absolute Gasteiger partial charge is 0.351 e. The summed E-state index contributed by atoms with van der Waals surface area (Å²) in [4.78, 5) is 35.0. The highest BCUT2D eigenvalue weighted by Gasteiger charge is 2.37. The van der Waals surface area contributed by atoms with Gasteiger partial charge < -0.3 is 15.5 Å². The second-order valence-electron chi connectivity index (χ2n) is 10.7. The molecule has 10 heteroatoms. The third-order valence-corrected chi connectivity index (χ3v) is 9.46. The van der Waals surface area contributed by atoms with E-state index in [0.29, 0.717) is 38.9 Å². The van der Waals surface area contributed by atoms with E-state index in [-0.39, 0.29) is 40.1 Å². The molecule has 2 saturated heterocycles. The van der Waals surface area contributed by atoms with Crippen LogP contribution in [-0.2, 0) is 4.79 Å². The van der Waals surface area contributed by atoms with Crippen molar-refractivity contribution in [1.82, 2.24) is 9.80 Å². The van der Waals surface area contributed by atoms with Gasteiger partial charge in [0.15, 0.2) is 0 Å². The van der Waals surface area contributed by atoms with Crippen molar-refractivity contribution >= 4 is 57.3 Å². The van der Waals surface area contributed by atoms with Gasteiger partial charge >= 0.3 is 6.03 Å². The highest BCUT2D eigenvalue weighted by atomic mass is 79.9. The zero-order valence-electron chi connectivity index (χ0n) is 21.6. The molecule has 2 N–H and O–H groups in total. The van der Waals surface area contributed by atoms with Crippen molar-refractivity contribution in [3.63, 3.8) is 0 Å². The van der Waals surface area contributed by atoms with Crippen LogP contribution in [-0.4, -0.2) is 59.5 Å². The minimum absolute atomic E-state index is 0.0239. The lowest BCUT2D eigenvalue weighted by molar-refractivity contribution is -0.134. The second-order valence-corrected chi connectivity index (χ2v) is 12.2. The number of amides is 3. The van der Waals surface area contributed by atoms with Gasteiger partial charge in [0.1, 0.15) is 6.33 Å². The molecule has 4 aliphatic rings. The fourth-order valence-electron chi connectivity index (χ4n) is 6.28. The van der Waals surface area contributed by atoms with Crippen LogP contribution >= 0.6 is 39.1 Å². The van der Waals surface area contributed by atoms with E-state index in [4.69, 9.17) is 33.9 Å². The number of primary amides is 1. The van der Waals surface area contributed by atoms with Crippen LogP contribution in [0.4, 0.5) is 9.18 Å². The molecule has 0 saturated carbocycles. The Hall–Kier alpha value is -1.64. The maximum Gasteiger partial charge on any atom is 0.314 e. The summed E-state index contributed by atoms with van der Waals surface area (Å²) in [5, 5.41) is -0.0127. The van der Waals surface area contributed by atoms with E-state index in [2.05, 4.69) is 15.9 Å². The molecule has 2 fully saturated rings. The molecule has 38 heavy (non-hydrogen) atoms. The molecule has 0 spiro atoms. The van der Waals surface area contributed by atoms with E-state index in [1.807, 2.05) is 16.1 Å². The number of rotatable bonds is 4. The highest BCUT2D eigenvalue weighted by molar-refractivity contribution is 9.11. The summed E-state index contributed by atoms with van der Waals surface area (Å²) in [6.45, 7) is 2.64. The van der Waals surface area contributed by atoms with E-state index >= 15 is 0 Å². The van der Waals surface area contributed by atoms with Gasteiger partial charge in [-0.1, -0.05) is 27.5 Å². The molecule has 3 aliphatic heterocycles. The zero-order chi connectivity index (χ0) is 27.2. The number of nitrogens with two attached hydrogens (primary N) is 1. The Balaban J connectivity index is 1.48. The number of carbonyl (C=O) groups is 2. The first-order valence-corrected chi connectivity index (χ1v) is 15.2. The average molecular weight is 630 g/mol. The Labute approximate surface area is 243 Å². The normalized spacial score (nSPS) is 28.5. The lowest BCUT2D eigenvalue weighted by atomic mass is 9.76. The van der Waals surface area contributed by atoms with Crippen LogP contribution < -0.4 is 5.73 Å². The molecule has 0 aromatic carbocycles. The fraction of sp³-hybridized carbons (Fsp3) is 0.607. The Morgan fingerprint density at radius 3 is 2.39 bits per heavy atom. The van der Waals surface area contributed by atoms with Gasteiger partial charge in [-0.3, -0.25) is 9.79 Å². The van der Waals surface area contributed by atoms with E-state index in [9.17, 15) is 14.0 Å². The van der Waals surface area contributed by atoms with Gasteiger partial charge in [-0.05, 0) is 91.0 Å². The second kappa shape index (κ2) is 13.6. The third-order valence-electron chi connectivity index (χ3n) is 8.44. The lowest BCUT2D eigenvalue weighted by Gasteiger charge is -2.38. The molecule has 3 amide bonds. The van der Waals surface area contributed by atoms with Crippen molar-refractivity contribution in [3.05, 3.63) is 44.8 Å². The predicted octanol–water partition coefficient (Wildman–Crippen LogP) is 6.80. The van der Waals surface area contributed by atoms with Gasteiger partial charge in [0.25, 0.3) is 0 Å². The smallest absolute Gasteiger partial charge is 0.314 e. The van der Waals surface area contributed by atoms with E-state index in [1.54, 1.807) is 11.0 Å². The molecule has 1 aliphatic carbocycles. The molecule has 6 nitrogen and oxygen atoms in total. The molecule has 4 rings (SSSR count). The number of allylic oxidation sites excluding steroid dienone is 5. The molecule has 0 radical (unpaired) electrons. The number of hydrogen-bond donors (Lipinski definition) is 1. The molecule has 0 bridgehead atoms.